The van der Waals surface area contributed by atoms with Crippen LogP contribution in [-0.2, 0) is 11.2 Å². The van der Waals surface area contributed by atoms with Crippen molar-refractivity contribution in [2.45, 2.75) is 19.8 Å². The second kappa shape index (κ2) is 6.12. The third-order valence-corrected chi connectivity index (χ3v) is 3.41. The van der Waals surface area contributed by atoms with Gasteiger partial charge in [0.2, 0.25) is 11.0 Å². The molecule has 1 saturated heterocycles. The fourth-order valence-electron chi connectivity index (χ4n) is 1.53. The molecular formula is C9H15ClN4OS. The van der Waals surface area contributed by atoms with Gasteiger partial charge >= 0.3 is 0 Å². The van der Waals surface area contributed by atoms with Crippen LogP contribution >= 0.6 is 23.7 Å². The maximum Gasteiger partial charge on any atom is 0.230 e. The van der Waals surface area contributed by atoms with Crippen LogP contribution in [0.5, 0.6) is 0 Å². The summed E-state index contributed by atoms with van der Waals surface area (Å²) in [5, 5.41) is 15.4. The highest BCUT2D eigenvalue weighted by Crippen LogP contribution is 2.17. The molecule has 0 bridgehead atoms. The first-order valence-corrected chi connectivity index (χ1v) is 5.95. The number of nitrogens with one attached hydrogen (secondary N) is 2. The first-order chi connectivity index (χ1) is 7.29. The van der Waals surface area contributed by atoms with Crippen molar-refractivity contribution in [3.63, 3.8) is 0 Å². The fourth-order valence-corrected chi connectivity index (χ4v) is 2.22. The molecule has 16 heavy (non-hydrogen) atoms. The lowest BCUT2D eigenvalue weighted by atomic mass is 10.1. The second-order valence-corrected chi connectivity index (χ2v) is 4.60. The van der Waals surface area contributed by atoms with E-state index in [1.807, 2.05) is 6.92 Å². The van der Waals surface area contributed by atoms with Crippen molar-refractivity contribution >= 4 is 34.8 Å². The predicted molar refractivity (Wildman–Crippen MR) is 66.1 cm³/mol. The molecule has 0 aliphatic carbocycles. The van der Waals surface area contributed by atoms with Crippen molar-refractivity contribution in [1.82, 2.24) is 15.5 Å². The highest BCUT2D eigenvalue weighted by Gasteiger charge is 2.23. The molecule has 7 heteroatoms. The Hall–Kier alpha value is -0.720. The molecule has 1 aromatic heterocycles. The molecule has 0 radical (unpaired) electrons. The molecule has 0 saturated carbocycles. The van der Waals surface area contributed by atoms with Gasteiger partial charge in [0, 0.05) is 6.54 Å². The van der Waals surface area contributed by atoms with E-state index in [2.05, 4.69) is 20.8 Å². The molecule has 1 aliphatic heterocycles. The zero-order valence-electron chi connectivity index (χ0n) is 9.02. The van der Waals surface area contributed by atoms with Gasteiger partial charge in [-0.25, -0.2) is 0 Å². The second-order valence-electron chi connectivity index (χ2n) is 3.53. The predicted octanol–water partition coefficient (Wildman–Crippen LogP) is 1.07. The van der Waals surface area contributed by atoms with E-state index >= 15 is 0 Å². The number of carbonyl (C=O) groups excluding carboxylic acids is 1. The number of anilines is 1. The van der Waals surface area contributed by atoms with Crippen LogP contribution in [0.4, 0.5) is 5.13 Å². The molecule has 1 fully saturated rings. The molecule has 5 nitrogen and oxygen atoms in total. The summed E-state index contributed by atoms with van der Waals surface area (Å²) in [4.78, 5) is 11.7. The minimum atomic E-state index is 0. The number of aromatic nitrogens is 2. The van der Waals surface area contributed by atoms with Gasteiger partial charge in [-0.2, -0.15) is 0 Å². The van der Waals surface area contributed by atoms with E-state index in [1.54, 1.807) is 0 Å². The van der Waals surface area contributed by atoms with Crippen molar-refractivity contribution in [2.24, 2.45) is 5.92 Å². The molecule has 0 unspecified atom stereocenters. The number of nitrogens with zero attached hydrogens (tertiary/aromatic N) is 2. The van der Waals surface area contributed by atoms with Crippen LogP contribution in [0, 0.1) is 5.92 Å². The third kappa shape index (κ3) is 3.13. The molecule has 2 rings (SSSR count). The number of aryl methyl sites for hydroxylation is 1. The Labute approximate surface area is 104 Å². The van der Waals surface area contributed by atoms with Crippen LogP contribution in [0.15, 0.2) is 0 Å². The third-order valence-electron chi connectivity index (χ3n) is 2.43. The summed E-state index contributed by atoms with van der Waals surface area (Å²) in [5.74, 6) is 0.137. The van der Waals surface area contributed by atoms with Crippen LogP contribution in [-0.4, -0.2) is 29.2 Å². The lowest BCUT2D eigenvalue weighted by molar-refractivity contribution is -0.119. The first-order valence-electron chi connectivity index (χ1n) is 5.13. The number of hydrogen-bond donors (Lipinski definition) is 2. The molecule has 1 aliphatic rings. The summed E-state index contributed by atoms with van der Waals surface area (Å²) in [7, 11) is 0. The zero-order chi connectivity index (χ0) is 10.7. The maximum absolute atomic E-state index is 11.7. The minimum Gasteiger partial charge on any atom is -0.316 e. The van der Waals surface area contributed by atoms with Crippen molar-refractivity contribution in [3.05, 3.63) is 5.01 Å². The Bertz CT molecular complexity index is 351. The van der Waals surface area contributed by atoms with Gasteiger partial charge in [0.05, 0.1) is 5.92 Å². The number of carbonyl (C=O) groups is 1. The van der Waals surface area contributed by atoms with Crippen LogP contribution < -0.4 is 10.6 Å². The monoisotopic (exact) mass is 262 g/mol. The van der Waals surface area contributed by atoms with Crippen molar-refractivity contribution in [3.8, 4) is 0 Å². The maximum atomic E-state index is 11.7. The van der Waals surface area contributed by atoms with Gasteiger partial charge in [-0.05, 0) is 19.4 Å². The van der Waals surface area contributed by atoms with Gasteiger partial charge in [-0.15, -0.1) is 22.6 Å². The van der Waals surface area contributed by atoms with E-state index in [0.717, 1.165) is 30.9 Å². The van der Waals surface area contributed by atoms with Gasteiger partial charge in [0.15, 0.2) is 0 Å². The number of halogens is 1. The molecule has 2 heterocycles. The molecular weight excluding hydrogens is 248 g/mol. The average Bonchev–Trinajstić information content (AvgIpc) is 2.87. The summed E-state index contributed by atoms with van der Waals surface area (Å²) in [5.41, 5.74) is 0. The van der Waals surface area contributed by atoms with E-state index in [1.165, 1.54) is 11.3 Å². The zero-order valence-corrected chi connectivity index (χ0v) is 10.7. The number of rotatable bonds is 3. The van der Waals surface area contributed by atoms with E-state index in [-0.39, 0.29) is 24.2 Å². The summed E-state index contributed by atoms with van der Waals surface area (Å²) < 4.78 is 0. The quantitative estimate of drug-likeness (QED) is 0.855. The van der Waals surface area contributed by atoms with Crippen molar-refractivity contribution in [2.75, 3.05) is 18.4 Å². The van der Waals surface area contributed by atoms with Crippen LogP contribution in [0.1, 0.15) is 18.4 Å². The topological polar surface area (TPSA) is 66.9 Å². The molecule has 1 amide bonds. The van der Waals surface area contributed by atoms with Gasteiger partial charge in [0.25, 0.3) is 0 Å². The normalized spacial score (nSPS) is 19.2. The highest BCUT2D eigenvalue weighted by molar-refractivity contribution is 7.15. The van der Waals surface area contributed by atoms with E-state index < -0.39 is 0 Å². The Morgan fingerprint density at radius 1 is 1.62 bits per heavy atom. The largest absolute Gasteiger partial charge is 0.316 e. The summed E-state index contributed by atoms with van der Waals surface area (Å²) >= 11 is 1.45. The molecule has 1 aromatic rings. The van der Waals surface area contributed by atoms with Gasteiger partial charge < -0.3 is 10.6 Å². The van der Waals surface area contributed by atoms with Crippen molar-refractivity contribution < 1.29 is 4.79 Å². The number of hydrogen-bond acceptors (Lipinski definition) is 5. The molecule has 2 N–H and O–H groups in total. The standard InChI is InChI=1S/C9H14N4OS.ClH/c1-2-7-12-13-9(15-7)11-8(14)6-3-4-10-5-6;/h6,10H,2-5H2,1H3,(H,11,13,14);1H/t6-;/m0./s1. The van der Waals surface area contributed by atoms with E-state index in [9.17, 15) is 4.79 Å². The molecule has 0 aromatic carbocycles. The molecule has 0 spiro atoms. The average molecular weight is 263 g/mol. The minimum absolute atomic E-state index is 0. The smallest absolute Gasteiger partial charge is 0.230 e. The Kier molecular flexibility index (Phi) is 5.11. The molecule has 90 valence electrons. The van der Waals surface area contributed by atoms with Crippen LogP contribution in [0.3, 0.4) is 0 Å². The van der Waals surface area contributed by atoms with Gasteiger partial charge in [-0.1, -0.05) is 18.3 Å². The lowest BCUT2D eigenvalue weighted by Gasteiger charge is -2.05. The fraction of sp³-hybridized carbons (Fsp3) is 0.667. The Morgan fingerprint density at radius 2 is 2.44 bits per heavy atom. The van der Waals surface area contributed by atoms with E-state index in [0.29, 0.717) is 5.13 Å². The van der Waals surface area contributed by atoms with Gasteiger partial charge in [0.1, 0.15) is 5.01 Å². The lowest BCUT2D eigenvalue weighted by Crippen LogP contribution is -2.24. The summed E-state index contributed by atoms with van der Waals surface area (Å²) in [6.45, 7) is 3.71. The SMILES string of the molecule is CCc1nnc(NC(=O)[C@H]2CCNC2)s1.Cl. The first kappa shape index (κ1) is 13.3. The Balaban J connectivity index is 0.00000128. The number of amides is 1. The van der Waals surface area contributed by atoms with Gasteiger partial charge in [-0.3, -0.25) is 4.79 Å². The Morgan fingerprint density at radius 3 is 3.00 bits per heavy atom. The highest BCUT2D eigenvalue weighted by atomic mass is 35.5. The van der Waals surface area contributed by atoms with Crippen LogP contribution in [0.2, 0.25) is 0 Å². The molecule has 1 atom stereocenters. The van der Waals surface area contributed by atoms with Crippen LogP contribution in [0.25, 0.3) is 0 Å². The van der Waals surface area contributed by atoms with E-state index in [4.69, 9.17) is 0 Å². The summed E-state index contributed by atoms with van der Waals surface area (Å²) in [6.07, 6.45) is 1.77. The summed E-state index contributed by atoms with van der Waals surface area (Å²) in [6, 6.07) is 0. The van der Waals surface area contributed by atoms with Crippen molar-refractivity contribution in [1.29, 1.82) is 0 Å².